The smallest absolute Gasteiger partial charge is 0.225 e. The van der Waals surface area contributed by atoms with Crippen LogP contribution in [0.5, 0.6) is 0 Å². The Morgan fingerprint density at radius 1 is 1.44 bits per heavy atom. The third kappa shape index (κ3) is 2.93. The summed E-state index contributed by atoms with van der Waals surface area (Å²) in [5.74, 6) is -0.0697. The van der Waals surface area contributed by atoms with Gasteiger partial charge in [0.1, 0.15) is 5.60 Å². The Morgan fingerprint density at radius 2 is 2.31 bits per heavy atom. The van der Waals surface area contributed by atoms with E-state index in [4.69, 9.17) is 9.47 Å². The number of amides is 1. The van der Waals surface area contributed by atoms with E-state index in [9.17, 15) is 9.90 Å². The van der Waals surface area contributed by atoms with E-state index in [1.807, 2.05) is 0 Å². The van der Waals surface area contributed by atoms with Crippen molar-refractivity contribution < 1.29 is 19.4 Å². The van der Waals surface area contributed by atoms with Crippen LogP contribution < -0.4 is 5.32 Å². The Balaban J connectivity index is 1.74. The predicted molar refractivity (Wildman–Crippen MR) is 56.9 cm³/mol. The Labute approximate surface area is 95.1 Å². The Kier molecular flexibility index (Phi) is 3.78. The van der Waals surface area contributed by atoms with Crippen molar-refractivity contribution in [2.24, 2.45) is 5.92 Å². The molecule has 2 saturated heterocycles. The molecule has 5 heteroatoms. The summed E-state index contributed by atoms with van der Waals surface area (Å²) in [6.07, 6.45) is 2.40. The van der Waals surface area contributed by atoms with Gasteiger partial charge in [-0.05, 0) is 12.8 Å². The number of hydrogen-bond acceptors (Lipinski definition) is 4. The van der Waals surface area contributed by atoms with Gasteiger partial charge in [-0.15, -0.1) is 0 Å². The van der Waals surface area contributed by atoms with Crippen molar-refractivity contribution in [2.75, 3.05) is 33.0 Å². The molecule has 2 aliphatic rings. The molecule has 2 unspecified atom stereocenters. The highest BCUT2D eigenvalue weighted by molar-refractivity contribution is 5.78. The normalized spacial score (nSPS) is 34.9. The van der Waals surface area contributed by atoms with Crippen LogP contribution in [0.4, 0.5) is 0 Å². The topological polar surface area (TPSA) is 67.8 Å². The highest BCUT2D eigenvalue weighted by Gasteiger charge is 2.33. The van der Waals surface area contributed by atoms with Gasteiger partial charge in [-0.2, -0.15) is 0 Å². The minimum Gasteiger partial charge on any atom is -0.386 e. The van der Waals surface area contributed by atoms with E-state index in [-0.39, 0.29) is 18.4 Å². The van der Waals surface area contributed by atoms with E-state index in [1.54, 1.807) is 0 Å². The molecule has 16 heavy (non-hydrogen) atoms. The van der Waals surface area contributed by atoms with Crippen molar-refractivity contribution in [3.05, 3.63) is 0 Å². The lowest BCUT2D eigenvalue weighted by atomic mass is 10.00. The highest BCUT2D eigenvalue weighted by Crippen LogP contribution is 2.18. The molecular formula is C11H19NO4. The molecule has 0 saturated carbocycles. The average molecular weight is 229 g/mol. The van der Waals surface area contributed by atoms with E-state index in [1.165, 1.54) is 0 Å². The summed E-state index contributed by atoms with van der Waals surface area (Å²) < 4.78 is 10.4. The molecule has 1 amide bonds. The van der Waals surface area contributed by atoms with Gasteiger partial charge in [-0.1, -0.05) is 0 Å². The minimum absolute atomic E-state index is 0.0139. The molecule has 2 heterocycles. The van der Waals surface area contributed by atoms with Gasteiger partial charge in [-0.25, -0.2) is 0 Å². The van der Waals surface area contributed by atoms with Crippen molar-refractivity contribution in [1.82, 2.24) is 5.32 Å². The predicted octanol–water partition coefficient (Wildman–Crippen LogP) is -0.319. The van der Waals surface area contributed by atoms with E-state index in [0.717, 1.165) is 19.4 Å². The quantitative estimate of drug-likeness (QED) is 0.696. The SMILES string of the molecule is O=C(NCC1(O)CCOC1)C1CCCOC1. The standard InChI is InChI=1S/C11H19NO4/c13-10(9-2-1-4-15-6-9)12-7-11(14)3-5-16-8-11/h9,14H,1-8H2,(H,12,13). The first-order valence-electron chi connectivity index (χ1n) is 5.85. The van der Waals surface area contributed by atoms with Gasteiger partial charge in [0.05, 0.1) is 19.1 Å². The zero-order valence-electron chi connectivity index (χ0n) is 9.41. The van der Waals surface area contributed by atoms with Crippen LogP contribution >= 0.6 is 0 Å². The Morgan fingerprint density at radius 3 is 2.94 bits per heavy atom. The fourth-order valence-electron chi connectivity index (χ4n) is 2.08. The summed E-state index contributed by atoms with van der Waals surface area (Å²) in [5, 5.41) is 12.8. The molecule has 0 aromatic heterocycles. The molecule has 5 nitrogen and oxygen atoms in total. The third-order valence-electron chi connectivity index (χ3n) is 3.21. The fraction of sp³-hybridized carbons (Fsp3) is 0.909. The molecule has 0 aliphatic carbocycles. The maximum Gasteiger partial charge on any atom is 0.225 e. The second-order valence-electron chi connectivity index (χ2n) is 4.66. The molecule has 2 aliphatic heterocycles. The Bertz CT molecular complexity index is 244. The molecule has 0 bridgehead atoms. The molecule has 2 atom stereocenters. The lowest BCUT2D eigenvalue weighted by Crippen LogP contribution is -2.46. The van der Waals surface area contributed by atoms with Crippen molar-refractivity contribution in [3.8, 4) is 0 Å². The summed E-state index contributed by atoms with van der Waals surface area (Å²) in [4.78, 5) is 11.8. The summed E-state index contributed by atoms with van der Waals surface area (Å²) in [5.41, 5.74) is -0.870. The van der Waals surface area contributed by atoms with Crippen LogP contribution in [0.15, 0.2) is 0 Å². The molecule has 0 aromatic rings. The van der Waals surface area contributed by atoms with Gasteiger partial charge in [0.2, 0.25) is 5.91 Å². The van der Waals surface area contributed by atoms with Gasteiger partial charge < -0.3 is 19.9 Å². The molecule has 0 radical (unpaired) electrons. The van der Waals surface area contributed by atoms with Crippen LogP contribution in [0.2, 0.25) is 0 Å². The molecular weight excluding hydrogens is 210 g/mol. The zero-order chi connectivity index (χ0) is 11.4. The molecule has 2 fully saturated rings. The van der Waals surface area contributed by atoms with Crippen LogP contribution in [-0.2, 0) is 14.3 Å². The average Bonchev–Trinajstić information content (AvgIpc) is 2.75. The summed E-state index contributed by atoms with van der Waals surface area (Å²) in [6.45, 7) is 2.41. The van der Waals surface area contributed by atoms with Crippen molar-refractivity contribution >= 4 is 5.91 Å². The van der Waals surface area contributed by atoms with Gasteiger partial charge in [0, 0.05) is 26.2 Å². The monoisotopic (exact) mass is 229 g/mol. The van der Waals surface area contributed by atoms with Gasteiger partial charge in [0.15, 0.2) is 0 Å². The summed E-state index contributed by atoms with van der Waals surface area (Å²) >= 11 is 0. The first kappa shape index (κ1) is 11.8. The maximum absolute atomic E-state index is 11.8. The molecule has 92 valence electrons. The van der Waals surface area contributed by atoms with Gasteiger partial charge in [0.25, 0.3) is 0 Å². The number of hydrogen-bond donors (Lipinski definition) is 2. The number of carbonyl (C=O) groups excluding carboxylic acids is 1. The van der Waals surface area contributed by atoms with Crippen LogP contribution in [-0.4, -0.2) is 49.6 Å². The van der Waals surface area contributed by atoms with Crippen molar-refractivity contribution in [1.29, 1.82) is 0 Å². The molecule has 0 spiro atoms. The van der Waals surface area contributed by atoms with Crippen LogP contribution in [0.3, 0.4) is 0 Å². The Hall–Kier alpha value is -0.650. The maximum atomic E-state index is 11.8. The third-order valence-corrected chi connectivity index (χ3v) is 3.21. The van der Waals surface area contributed by atoms with Gasteiger partial charge in [-0.3, -0.25) is 4.79 Å². The summed E-state index contributed by atoms with van der Waals surface area (Å²) in [6, 6.07) is 0. The minimum atomic E-state index is -0.870. The lowest BCUT2D eigenvalue weighted by Gasteiger charge is -2.25. The van der Waals surface area contributed by atoms with Crippen LogP contribution in [0.25, 0.3) is 0 Å². The zero-order valence-corrected chi connectivity index (χ0v) is 9.41. The second-order valence-corrected chi connectivity index (χ2v) is 4.66. The highest BCUT2D eigenvalue weighted by atomic mass is 16.5. The number of carbonyl (C=O) groups is 1. The second kappa shape index (κ2) is 5.12. The fourth-order valence-corrected chi connectivity index (χ4v) is 2.08. The number of ether oxygens (including phenoxy) is 2. The first-order chi connectivity index (χ1) is 7.70. The largest absolute Gasteiger partial charge is 0.386 e. The van der Waals surface area contributed by atoms with Crippen molar-refractivity contribution in [2.45, 2.75) is 24.9 Å². The van der Waals surface area contributed by atoms with E-state index >= 15 is 0 Å². The first-order valence-corrected chi connectivity index (χ1v) is 5.85. The van der Waals surface area contributed by atoms with E-state index in [0.29, 0.717) is 26.2 Å². The molecule has 2 rings (SSSR count). The molecule has 0 aromatic carbocycles. The van der Waals surface area contributed by atoms with Crippen LogP contribution in [0, 0.1) is 5.92 Å². The van der Waals surface area contributed by atoms with Crippen molar-refractivity contribution in [3.63, 3.8) is 0 Å². The lowest BCUT2D eigenvalue weighted by molar-refractivity contribution is -0.130. The number of nitrogens with one attached hydrogen (secondary N) is 1. The van der Waals surface area contributed by atoms with E-state index < -0.39 is 5.60 Å². The molecule has 2 N–H and O–H groups in total. The van der Waals surface area contributed by atoms with Crippen LogP contribution in [0.1, 0.15) is 19.3 Å². The number of aliphatic hydroxyl groups is 1. The van der Waals surface area contributed by atoms with Gasteiger partial charge >= 0.3 is 0 Å². The number of rotatable bonds is 3. The summed E-state index contributed by atoms with van der Waals surface area (Å²) in [7, 11) is 0. The van der Waals surface area contributed by atoms with E-state index in [2.05, 4.69) is 5.32 Å².